The number of hydrogen-bond acceptors (Lipinski definition) is 3. The van der Waals surface area contributed by atoms with Crippen LogP contribution in [0.4, 0.5) is 0 Å². The molecule has 25 heavy (non-hydrogen) atoms. The number of carboxylic acid groups (broad SMARTS) is 1. The fraction of sp³-hybridized carbons (Fsp3) is 0.526. The highest BCUT2D eigenvalue weighted by Crippen LogP contribution is 2.25. The van der Waals surface area contributed by atoms with Crippen LogP contribution >= 0.6 is 0 Å². The summed E-state index contributed by atoms with van der Waals surface area (Å²) in [4.78, 5) is 39.9. The lowest BCUT2D eigenvalue weighted by Crippen LogP contribution is -2.49. The molecule has 2 aliphatic heterocycles. The Balaban J connectivity index is 1.61. The summed E-state index contributed by atoms with van der Waals surface area (Å²) in [5, 5.41) is 9.28. The Labute approximate surface area is 147 Å². The minimum atomic E-state index is -0.932. The Hall–Kier alpha value is -2.37. The van der Waals surface area contributed by atoms with Gasteiger partial charge in [0.1, 0.15) is 6.04 Å². The quantitative estimate of drug-likeness (QED) is 0.899. The number of carbonyl (C=O) groups excluding carboxylic acids is 2. The smallest absolute Gasteiger partial charge is 0.326 e. The van der Waals surface area contributed by atoms with Gasteiger partial charge in [-0.05, 0) is 31.2 Å². The normalized spacial score (nSPS) is 23.5. The van der Waals surface area contributed by atoms with Gasteiger partial charge in [-0.15, -0.1) is 0 Å². The summed E-state index contributed by atoms with van der Waals surface area (Å²) in [5.41, 5.74) is 0.964. The molecule has 0 aromatic heterocycles. The molecule has 2 aliphatic rings. The third-order valence-electron chi connectivity index (χ3n) is 5.14. The lowest BCUT2D eigenvalue weighted by atomic mass is 9.95. The van der Waals surface area contributed by atoms with Gasteiger partial charge in [0.25, 0.3) is 0 Å². The maximum absolute atomic E-state index is 12.8. The first-order chi connectivity index (χ1) is 12.1. The van der Waals surface area contributed by atoms with Crippen molar-refractivity contribution in [2.75, 3.05) is 19.6 Å². The van der Waals surface area contributed by atoms with Crippen molar-refractivity contribution in [3.8, 4) is 0 Å². The van der Waals surface area contributed by atoms with Crippen LogP contribution in [0.15, 0.2) is 30.3 Å². The lowest BCUT2D eigenvalue weighted by molar-refractivity contribution is -0.151. The van der Waals surface area contributed by atoms with Gasteiger partial charge < -0.3 is 14.9 Å². The van der Waals surface area contributed by atoms with E-state index in [0.717, 1.165) is 24.8 Å². The molecule has 134 valence electrons. The predicted molar refractivity (Wildman–Crippen MR) is 91.8 cm³/mol. The first-order valence-electron chi connectivity index (χ1n) is 8.91. The maximum Gasteiger partial charge on any atom is 0.326 e. The first-order valence-corrected chi connectivity index (χ1v) is 8.91. The lowest BCUT2D eigenvalue weighted by Gasteiger charge is -2.35. The van der Waals surface area contributed by atoms with E-state index in [1.165, 1.54) is 4.90 Å². The number of rotatable bonds is 4. The molecular formula is C19H24N2O4. The molecule has 0 spiro atoms. The van der Waals surface area contributed by atoms with E-state index in [-0.39, 0.29) is 17.7 Å². The van der Waals surface area contributed by atoms with Crippen molar-refractivity contribution < 1.29 is 19.5 Å². The second-order valence-corrected chi connectivity index (χ2v) is 6.87. The zero-order chi connectivity index (χ0) is 17.8. The molecule has 0 saturated carbocycles. The van der Waals surface area contributed by atoms with Crippen LogP contribution in [0.3, 0.4) is 0 Å². The number of nitrogens with zero attached hydrogens (tertiary/aromatic N) is 2. The van der Waals surface area contributed by atoms with Crippen molar-refractivity contribution in [2.45, 2.75) is 38.1 Å². The molecule has 3 rings (SSSR count). The molecule has 2 unspecified atom stereocenters. The predicted octanol–water partition coefficient (Wildman–Crippen LogP) is 1.54. The number of likely N-dealkylation sites (tertiary alicyclic amines) is 2. The highest BCUT2D eigenvalue weighted by molar-refractivity contribution is 5.86. The summed E-state index contributed by atoms with van der Waals surface area (Å²) in [5.74, 6) is -1.30. The van der Waals surface area contributed by atoms with Crippen LogP contribution in [0.1, 0.15) is 31.2 Å². The van der Waals surface area contributed by atoms with Gasteiger partial charge in [-0.1, -0.05) is 30.3 Å². The van der Waals surface area contributed by atoms with Gasteiger partial charge in [-0.25, -0.2) is 4.79 Å². The summed E-state index contributed by atoms with van der Waals surface area (Å²) >= 11 is 0. The molecule has 2 atom stereocenters. The van der Waals surface area contributed by atoms with Crippen molar-refractivity contribution in [1.29, 1.82) is 0 Å². The second kappa shape index (κ2) is 7.68. The number of carboxylic acids is 1. The topological polar surface area (TPSA) is 77.9 Å². The van der Waals surface area contributed by atoms with E-state index < -0.39 is 12.0 Å². The minimum absolute atomic E-state index is 0.0277. The summed E-state index contributed by atoms with van der Waals surface area (Å²) in [6.07, 6.45) is 3.08. The SMILES string of the molecule is O=C(O)C1CCCN1C(=O)C1CCCN(C(=O)Cc2ccccc2)C1. The Kier molecular flexibility index (Phi) is 5.36. The number of aliphatic carboxylic acids is 1. The van der Waals surface area contributed by atoms with E-state index in [2.05, 4.69) is 0 Å². The van der Waals surface area contributed by atoms with Crippen LogP contribution in [0, 0.1) is 5.92 Å². The van der Waals surface area contributed by atoms with Crippen molar-refractivity contribution in [3.05, 3.63) is 35.9 Å². The van der Waals surface area contributed by atoms with E-state index in [9.17, 15) is 19.5 Å². The van der Waals surface area contributed by atoms with Crippen LogP contribution in [0.5, 0.6) is 0 Å². The Bertz CT molecular complexity index is 646. The molecule has 0 aliphatic carbocycles. The number of amides is 2. The fourth-order valence-electron chi connectivity index (χ4n) is 3.81. The van der Waals surface area contributed by atoms with Gasteiger partial charge in [-0.2, -0.15) is 0 Å². The minimum Gasteiger partial charge on any atom is -0.480 e. The molecule has 2 fully saturated rings. The molecule has 6 heteroatoms. The van der Waals surface area contributed by atoms with E-state index in [4.69, 9.17) is 0 Å². The Morgan fingerprint density at radius 2 is 1.76 bits per heavy atom. The van der Waals surface area contributed by atoms with E-state index >= 15 is 0 Å². The second-order valence-electron chi connectivity index (χ2n) is 6.87. The number of piperidine rings is 1. The van der Waals surface area contributed by atoms with Crippen LogP contribution in [0.25, 0.3) is 0 Å². The van der Waals surface area contributed by atoms with Crippen molar-refractivity contribution in [2.24, 2.45) is 5.92 Å². The van der Waals surface area contributed by atoms with Gasteiger partial charge in [0.2, 0.25) is 11.8 Å². The van der Waals surface area contributed by atoms with Crippen LogP contribution < -0.4 is 0 Å². The standard InChI is InChI=1S/C19H24N2O4/c22-17(12-14-6-2-1-3-7-14)20-10-4-8-15(13-20)18(23)21-11-5-9-16(21)19(24)25/h1-3,6-7,15-16H,4-5,8-13H2,(H,24,25). The molecule has 2 amide bonds. The van der Waals surface area contributed by atoms with Crippen molar-refractivity contribution in [3.63, 3.8) is 0 Å². The number of hydrogen-bond donors (Lipinski definition) is 1. The maximum atomic E-state index is 12.8. The Morgan fingerprint density at radius 1 is 1.04 bits per heavy atom. The molecular weight excluding hydrogens is 320 g/mol. The van der Waals surface area contributed by atoms with E-state index in [1.807, 2.05) is 30.3 Å². The van der Waals surface area contributed by atoms with Crippen molar-refractivity contribution >= 4 is 17.8 Å². The zero-order valence-electron chi connectivity index (χ0n) is 14.3. The zero-order valence-corrected chi connectivity index (χ0v) is 14.3. The van der Waals surface area contributed by atoms with Crippen molar-refractivity contribution in [1.82, 2.24) is 9.80 Å². The summed E-state index contributed by atoms with van der Waals surface area (Å²) in [7, 11) is 0. The molecule has 1 aromatic carbocycles. The van der Waals surface area contributed by atoms with Gasteiger partial charge in [0.15, 0.2) is 0 Å². The van der Waals surface area contributed by atoms with Crippen LogP contribution in [-0.4, -0.2) is 58.4 Å². The van der Waals surface area contributed by atoms with Crippen LogP contribution in [0.2, 0.25) is 0 Å². The van der Waals surface area contributed by atoms with E-state index in [1.54, 1.807) is 4.90 Å². The average Bonchev–Trinajstić information content (AvgIpc) is 3.12. The molecule has 1 aromatic rings. The first kappa shape index (κ1) is 17.5. The fourth-order valence-corrected chi connectivity index (χ4v) is 3.81. The molecule has 2 saturated heterocycles. The third-order valence-corrected chi connectivity index (χ3v) is 5.14. The van der Waals surface area contributed by atoms with Gasteiger partial charge in [0.05, 0.1) is 12.3 Å². The van der Waals surface area contributed by atoms with Gasteiger partial charge in [-0.3, -0.25) is 9.59 Å². The highest BCUT2D eigenvalue weighted by atomic mass is 16.4. The third kappa shape index (κ3) is 4.00. The monoisotopic (exact) mass is 344 g/mol. The molecule has 0 bridgehead atoms. The molecule has 0 radical (unpaired) electrons. The molecule has 2 heterocycles. The largest absolute Gasteiger partial charge is 0.480 e. The molecule has 6 nitrogen and oxygen atoms in total. The average molecular weight is 344 g/mol. The summed E-state index contributed by atoms with van der Waals surface area (Å²) in [6.45, 7) is 1.56. The van der Waals surface area contributed by atoms with Crippen LogP contribution in [-0.2, 0) is 20.8 Å². The highest BCUT2D eigenvalue weighted by Gasteiger charge is 2.38. The molecule has 1 N–H and O–H groups in total. The summed E-state index contributed by atoms with van der Waals surface area (Å²) < 4.78 is 0. The Morgan fingerprint density at radius 3 is 2.48 bits per heavy atom. The van der Waals surface area contributed by atoms with Gasteiger partial charge in [0, 0.05) is 19.6 Å². The summed E-state index contributed by atoms with van der Waals surface area (Å²) in [6, 6.07) is 8.87. The number of benzene rings is 1. The van der Waals surface area contributed by atoms with Gasteiger partial charge >= 0.3 is 5.97 Å². The number of carbonyl (C=O) groups is 3. The van der Waals surface area contributed by atoms with E-state index in [0.29, 0.717) is 32.5 Å².